The summed E-state index contributed by atoms with van der Waals surface area (Å²) in [5, 5.41) is 1.55. The van der Waals surface area contributed by atoms with Crippen molar-refractivity contribution in [3.8, 4) is 0 Å². The van der Waals surface area contributed by atoms with Crippen LogP contribution in [-0.4, -0.2) is 21.5 Å². The molecule has 0 atom stereocenters. The fraction of sp³-hybridized carbons (Fsp3) is 0.500. The third kappa shape index (κ3) is 2.49. The molecular formula is C10H11ClN2OS. The molecule has 0 aromatic carbocycles. The zero-order chi connectivity index (χ0) is 10.7. The molecule has 1 saturated carbocycles. The summed E-state index contributed by atoms with van der Waals surface area (Å²) in [6.45, 7) is 0. The van der Waals surface area contributed by atoms with Crippen molar-refractivity contribution in [2.24, 2.45) is 0 Å². The van der Waals surface area contributed by atoms with E-state index >= 15 is 0 Å². The summed E-state index contributed by atoms with van der Waals surface area (Å²) >= 11 is 7.47. The zero-order valence-corrected chi connectivity index (χ0v) is 9.72. The summed E-state index contributed by atoms with van der Waals surface area (Å²) in [6.07, 6.45) is 7.08. The number of carbonyl (C=O) groups is 1. The van der Waals surface area contributed by atoms with Crippen LogP contribution in [0, 0.1) is 0 Å². The van der Waals surface area contributed by atoms with E-state index in [0.717, 1.165) is 11.3 Å². The molecule has 3 nitrogen and oxygen atoms in total. The lowest BCUT2D eigenvalue weighted by Crippen LogP contribution is -1.99. The number of hydrogen-bond donors (Lipinski definition) is 0. The number of aldehydes is 1. The Morgan fingerprint density at radius 3 is 2.80 bits per heavy atom. The first kappa shape index (κ1) is 10.9. The molecular weight excluding hydrogens is 232 g/mol. The summed E-state index contributed by atoms with van der Waals surface area (Å²) in [5.41, 5.74) is 0.427. The molecule has 1 heterocycles. The van der Waals surface area contributed by atoms with Crippen LogP contribution < -0.4 is 0 Å². The molecule has 5 heteroatoms. The van der Waals surface area contributed by atoms with E-state index in [1.807, 2.05) is 0 Å². The first-order chi connectivity index (χ1) is 7.31. The van der Waals surface area contributed by atoms with Crippen molar-refractivity contribution in [3.63, 3.8) is 0 Å². The lowest BCUT2D eigenvalue weighted by atomic mass is 10.4. The van der Waals surface area contributed by atoms with Gasteiger partial charge in [-0.1, -0.05) is 24.4 Å². The van der Waals surface area contributed by atoms with Crippen LogP contribution in [0.25, 0.3) is 0 Å². The first-order valence-corrected chi connectivity index (χ1v) is 6.19. The Bertz CT molecular complexity index is 366. The van der Waals surface area contributed by atoms with Gasteiger partial charge in [0, 0.05) is 5.25 Å². The maximum atomic E-state index is 10.8. The van der Waals surface area contributed by atoms with Crippen molar-refractivity contribution in [2.75, 3.05) is 0 Å². The normalized spacial score (nSPS) is 16.9. The molecule has 15 heavy (non-hydrogen) atoms. The number of thioether (sulfide) groups is 1. The van der Waals surface area contributed by atoms with Crippen molar-refractivity contribution in [2.45, 2.75) is 36.0 Å². The van der Waals surface area contributed by atoms with Crippen LogP contribution in [-0.2, 0) is 0 Å². The highest BCUT2D eigenvalue weighted by Crippen LogP contribution is 2.35. The summed E-state index contributed by atoms with van der Waals surface area (Å²) in [5.74, 6) is 0. The summed E-state index contributed by atoms with van der Waals surface area (Å²) in [7, 11) is 0. The van der Waals surface area contributed by atoms with Gasteiger partial charge < -0.3 is 0 Å². The van der Waals surface area contributed by atoms with Gasteiger partial charge in [0.05, 0.1) is 5.56 Å². The van der Waals surface area contributed by atoms with Gasteiger partial charge in [-0.2, -0.15) is 0 Å². The Kier molecular flexibility index (Phi) is 3.59. The van der Waals surface area contributed by atoms with Crippen LogP contribution in [0.15, 0.2) is 11.4 Å². The minimum Gasteiger partial charge on any atom is -0.298 e. The van der Waals surface area contributed by atoms with Gasteiger partial charge in [0.1, 0.15) is 16.5 Å². The highest BCUT2D eigenvalue weighted by Gasteiger charge is 2.19. The zero-order valence-electron chi connectivity index (χ0n) is 8.15. The quantitative estimate of drug-likeness (QED) is 0.604. The Labute approximate surface area is 97.6 Å². The summed E-state index contributed by atoms with van der Waals surface area (Å²) < 4.78 is 0. The van der Waals surface area contributed by atoms with E-state index < -0.39 is 0 Å². The minimum atomic E-state index is 0.250. The lowest BCUT2D eigenvalue weighted by Gasteiger charge is -2.09. The van der Waals surface area contributed by atoms with E-state index in [1.54, 1.807) is 11.8 Å². The van der Waals surface area contributed by atoms with E-state index in [1.165, 1.54) is 32.0 Å². The predicted octanol–water partition coefficient (Wildman–Crippen LogP) is 2.98. The molecule has 80 valence electrons. The summed E-state index contributed by atoms with van der Waals surface area (Å²) in [4.78, 5) is 18.7. The van der Waals surface area contributed by atoms with Gasteiger partial charge in [-0.15, -0.1) is 11.8 Å². The molecule has 0 radical (unpaired) electrons. The van der Waals surface area contributed by atoms with Crippen LogP contribution in [0.1, 0.15) is 36.0 Å². The van der Waals surface area contributed by atoms with Gasteiger partial charge >= 0.3 is 0 Å². The molecule has 1 fully saturated rings. The smallest absolute Gasteiger partial charge is 0.155 e. The predicted molar refractivity (Wildman–Crippen MR) is 60.5 cm³/mol. The van der Waals surface area contributed by atoms with Crippen LogP contribution in [0.2, 0.25) is 5.15 Å². The third-order valence-electron chi connectivity index (χ3n) is 2.50. The van der Waals surface area contributed by atoms with Gasteiger partial charge in [0.25, 0.3) is 0 Å². The molecule has 0 unspecified atom stereocenters. The van der Waals surface area contributed by atoms with Gasteiger partial charge in [0.15, 0.2) is 6.29 Å². The Morgan fingerprint density at radius 2 is 2.13 bits per heavy atom. The average Bonchev–Trinajstić information content (AvgIpc) is 2.71. The third-order valence-corrected chi connectivity index (χ3v) is 4.15. The number of nitrogens with zero attached hydrogens (tertiary/aromatic N) is 2. The molecule has 0 amide bonds. The van der Waals surface area contributed by atoms with E-state index in [9.17, 15) is 4.79 Å². The second kappa shape index (κ2) is 4.94. The molecule has 0 N–H and O–H groups in total. The number of halogens is 1. The topological polar surface area (TPSA) is 42.9 Å². The Balaban J connectivity index is 2.19. The molecule has 1 aliphatic carbocycles. The van der Waals surface area contributed by atoms with Crippen molar-refractivity contribution < 1.29 is 4.79 Å². The molecule has 0 aliphatic heterocycles. The van der Waals surface area contributed by atoms with E-state index in [2.05, 4.69) is 9.97 Å². The second-order valence-corrected chi connectivity index (χ2v) is 5.17. The number of carbonyl (C=O) groups excluding carboxylic acids is 1. The maximum absolute atomic E-state index is 10.8. The summed E-state index contributed by atoms with van der Waals surface area (Å²) in [6, 6.07) is 0. The fourth-order valence-corrected chi connectivity index (χ4v) is 3.21. The van der Waals surface area contributed by atoms with E-state index in [-0.39, 0.29) is 5.15 Å². The standard InChI is InChI=1S/C10H11ClN2OS/c11-9-8(5-14)10(13-6-12-9)15-7-3-1-2-4-7/h5-7H,1-4H2. The second-order valence-electron chi connectivity index (χ2n) is 3.53. The average molecular weight is 243 g/mol. The Hall–Kier alpha value is -0.610. The van der Waals surface area contributed by atoms with Crippen molar-refractivity contribution >= 4 is 29.6 Å². The number of hydrogen-bond acceptors (Lipinski definition) is 4. The van der Waals surface area contributed by atoms with Crippen LogP contribution in [0.4, 0.5) is 0 Å². The van der Waals surface area contributed by atoms with Crippen molar-refractivity contribution in [1.82, 2.24) is 9.97 Å². The van der Waals surface area contributed by atoms with Gasteiger partial charge in [0.2, 0.25) is 0 Å². The monoisotopic (exact) mass is 242 g/mol. The molecule has 0 spiro atoms. The molecule has 0 bridgehead atoms. The highest BCUT2D eigenvalue weighted by atomic mass is 35.5. The molecule has 0 saturated heterocycles. The molecule has 1 aromatic heterocycles. The van der Waals surface area contributed by atoms with Crippen molar-refractivity contribution in [1.29, 1.82) is 0 Å². The largest absolute Gasteiger partial charge is 0.298 e. The Morgan fingerprint density at radius 1 is 1.40 bits per heavy atom. The minimum absolute atomic E-state index is 0.250. The number of rotatable bonds is 3. The molecule has 1 aromatic rings. The fourth-order valence-electron chi connectivity index (χ4n) is 1.72. The molecule has 1 aliphatic rings. The SMILES string of the molecule is O=Cc1c(Cl)ncnc1SC1CCCC1. The van der Waals surface area contributed by atoms with Crippen molar-refractivity contribution in [3.05, 3.63) is 17.0 Å². The van der Waals surface area contributed by atoms with Gasteiger partial charge in [-0.05, 0) is 12.8 Å². The highest BCUT2D eigenvalue weighted by molar-refractivity contribution is 7.99. The van der Waals surface area contributed by atoms with Crippen LogP contribution in [0.5, 0.6) is 0 Å². The van der Waals surface area contributed by atoms with E-state index in [0.29, 0.717) is 10.8 Å². The maximum Gasteiger partial charge on any atom is 0.155 e. The van der Waals surface area contributed by atoms with Crippen LogP contribution >= 0.6 is 23.4 Å². The lowest BCUT2D eigenvalue weighted by molar-refractivity contribution is 0.112. The van der Waals surface area contributed by atoms with Crippen LogP contribution in [0.3, 0.4) is 0 Å². The van der Waals surface area contributed by atoms with Gasteiger partial charge in [-0.3, -0.25) is 4.79 Å². The van der Waals surface area contributed by atoms with Gasteiger partial charge in [-0.25, -0.2) is 9.97 Å². The first-order valence-electron chi connectivity index (χ1n) is 4.93. The van der Waals surface area contributed by atoms with E-state index in [4.69, 9.17) is 11.6 Å². The number of aromatic nitrogens is 2. The molecule has 2 rings (SSSR count).